The molecule has 1 aromatic rings. The number of hydrogen-bond donors (Lipinski definition) is 1. The van der Waals surface area contributed by atoms with Crippen LogP contribution in [0.25, 0.3) is 0 Å². The van der Waals surface area contributed by atoms with Gasteiger partial charge in [-0.3, -0.25) is 18.8 Å². The van der Waals surface area contributed by atoms with Gasteiger partial charge in [-0.1, -0.05) is 0 Å². The monoisotopic (exact) mass is 253 g/mol. The molecule has 0 aromatic carbocycles. The van der Waals surface area contributed by atoms with E-state index >= 15 is 0 Å². The van der Waals surface area contributed by atoms with E-state index in [0.717, 1.165) is 24.0 Å². The molecule has 0 bridgehead atoms. The van der Waals surface area contributed by atoms with Crippen LogP contribution in [-0.4, -0.2) is 38.3 Å². The molecule has 18 heavy (non-hydrogen) atoms. The number of β-amino-alcohol motifs (C(OH)–C–C–N with tert-alkyl or cyclic N) is 1. The summed E-state index contributed by atoms with van der Waals surface area (Å²) in [4.78, 5) is 25.4. The van der Waals surface area contributed by atoms with Gasteiger partial charge in [-0.2, -0.15) is 0 Å². The quantitative estimate of drug-likeness (QED) is 0.737. The first kappa shape index (κ1) is 13.0. The molecule has 0 amide bonds. The zero-order chi connectivity index (χ0) is 13.3. The standard InChI is InChI=1S/C12H19N3O3/c1-13-9(6-11(17)14(2)12(13)18)7-15-5-3-4-10(16)8-15/h6,10,16H,3-5,7-8H2,1-2H3/t10-/m0/s1. The van der Waals surface area contributed by atoms with Crippen LogP contribution in [0.3, 0.4) is 0 Å². The summed E-state index contributed by atoms with van der Waals surface area (Å²) in [5.41, 5.74) is 0.0953. The van der Waals surface area contributed by atoms with Crippen LogP contribution in [0.4, 0.5) is 0 Å². The van der Waals surface area contributed by atoms with Crippen molar-refractivity contribution < 1.29 is 5.11 Å². The Hall–Kier alpha value is -1.40. The van der Waals surface area contributed by atoms with Crippen molar-refractivity contribution in [2.75, 3.05) is 13.1 Å². The van der Waals surface area contributed by atoms with E-state index in [1.54, 1.807) is 7.05 Å². The SMILES string of the molecule is Cn1c(CN2CCC[C@H](O)C2)cc(=O)n(C)c1=O. The highest BCUT2D eigenvalue weighted by Crippen LogP contribution is 2.12. The lowest BCUT2D eigenvalue weighted by molar-refractivity contribution is 0.0655. The molecule has 2 heterocycles. The van der Waals surface area contributed by atoms with Gasteiger partial charge < -0.3 is 5.11 Å². The molecule has 1 aromatic heterocycles. The van der Waals surface area contributed by atoms with Crippen molar-refractivity contribution in [3.05, 3.63) is 32.6 Å². The molecular weight excluding hydrogens is 234 g/mol. The van der Waals surface area contributed by atoms with E-state index < -0.39 is 0 Å². The fraction of sp³-hybridized carbons (Fsp3) is 0.667. The Kier molecular flexibility index (Phi) is 3.68. The minimum atomic E-state index is -0.310. The van der Waals surface area contributed by atoms with Crippen LogP contribution in [0.15, 0.2) is 15.7 Å². The van der Waals surface area contributed by atoms with Crippen LogP contribution in [0.1, 0.15) is 18.5 Å². The number of likely N-dealkylation sites (tertiary alicyclic amines) is 1. The Morgan fingerprint density at radius 3 is 2.72 bits per heavy atom. The highest BCUT2D eigenvalue weighted by atomic mass is 16.3. The number of aromatic nitrogens is 2. The van der Waals surface area contributed by atoms with Crippen LogP contribution >= 0.6 is 0 Å². The van der Waals surface area contributed by atoms with E-state index in [-0.39, 0.29) is 17.4 Å². The maximum atomic E-state index is 11.8. The van der Waals surface area contributed by atoms with Crippen LogP contribution in [-0.2, 0) is 20.6 Å². The maximum absolute atomic E-state index is 11.8. The predicted octanol–water partition coefficient (Wildman–Crippen LogP) is -0.959. The molecule has 100 valence electrons. The fourth-order valence-electron chi connectivity index (χ4n) is 2.33. The molecular formula is C12H19N3O3. The fourth-order valence-corrected chi connectivity index (χ4v) is 2.33. The van der Waals surface area contributed by atoms with Gasteiger partial charge in [0.05, 0.1) is 6.10 Å². The van der Waals surface area contributed by atoms with E-state index in [1.807, 2.05) is 0 Å². The molecule has 6 nitrogen and oxygen atoms in total. The molecule has 1 N–H and O–H groups in total. The molecule has 1 saturated heterocycles. The first-order chi connectivity index (χ1) is 8.49. The van der Waals surface area contributed by atoms with E-state index in [1.165, 1.54) is 17.7 Å². The third kappa shape index (κ3) is 2.54. The number of rotatable bonds is 2. The second-order valence-corrected chi connectivity index (χ2v) is 4.91. The smallest absolute Gasteiger partial charge is 0.330 e. The molecule has 0 saturated carbocycles. The normalized spacial score (nSPS) is 21.2. The molecule has 1 aliphatic heterocycles. The van der Waals surface area contributed by atoms with Crippen LogP contribution in [0, 0.1) is 0 Å². The Labute approximate surface area is 105 Å². The number of aliphatic hydroxyl groups excluding tert-OH is 1. The highest BCUT2D eigenvalue weighted by molar-refractivity contribution is 5.02. The summed E-state index contributed by atoms with van der Waals surface area (Å²) in [5, 5.41) is 9.60. The van der Waals surface area contributed by atoms with Crippen molar-refractivity contribution in [2.24, 2.45) is 14.1 Å². The minimum Gasteiger partial charge on any atom is -0.392 e. The van der Waals surface area contributed by atoms with Crippen LogP contribution in [0.2, 0.25) is 0 Å². The topological polar surface area (TPSA) is 67.5 Å². The predicted molar refractivity (Wildman–Crippen MR) is 67.4 cm³/mol. The van der Waals surface area contributed by atoms with Gasteiger partial charge in [0.2, 0.25) is 0 Å². The Morgan fingerprint density at radius 1 is 1.33 bits per heavy atom. The molecule has 1 aliphatic rings. The number of piperidine rings is 1. The minimum absolute atomic E-state index is 0.286. The Bertz CT molecular complexity index is 546. The molecule has 1 fully saturated rings. The van der Waals surface area contributed by atoms with Crippen LogP contribution in [0.5, 0.6) is 0 Å². The van der Waals surface area contributed by atoms with E-state index in [2.05, 4.69) is 4.90 Å². The zero-order valence-electron chi connectivity index (χ0n) is 10.8. The zero-order valence-corrected chi connectivity index (χ0v) is 10.8. The second kappa shape index (κ2) is 5.07. The summed E-state index contributed by atoms with van der Waals surface area (Å²) >= 11 is 0. The van der Waals surface area contributed by atoms with Crippen LogP contribution < -0.4 is 11.2 Å². The van der Waals surface area contributed by atoms with Crippen molar-refractivity contribution in [3.8, 4) is 0 Å². The summed E-state index contributed by atoms with van der Waals surface area (Å²) < 4.78 is 2.58. The first-order valence-corrected chi connectivity index (χ1v) is 6.15. The summed E-state index contributed by atoms with van der Waals surface area (Å²) in [6.07, 6.45) is 1.47. The van der Waals surface area contributed by atoms with Gasteiger partial charge >= 0.3 is 5.69 Å². The van der Waals surface area contributed by atoms with Crippen molar-refractivity contribution in [1.29, 1.82) is 0 Å². The van der Waals surface area contributed by atoms with Gasteiger partial charge in [0.25, 0.3) is 5.56 Å². The third-order valence-corrected chi connectivity index (χ3v) is 3.49. The summed E-state index contributed by atoms with van der Waals surface area (Å²) in [6.45, 7) is 2.02. The molecule has 2 rings (SSSR count). The first-order valence-electron chi connectivity index (χ1n) is 6.15. The number of nitrogens with zero attached hydrogens (tertiary/aromatic N) is 3. The maximum Gasteiger partial charge on any atom is 0.330 e. The van der Waals surface area contributed by atoms with Crippen molar-refractivity contribution >= 4 is 0 Å². The van der Waals surface area contributed by atoms with Crippen molar-refractivity contribution in [3.63, 3.8) is 0 Å². The van der Waals surface area contributed by atoms with E-state index in [4.69, 9.17) is 0 Å². The summed E-state index contributed by atoms with van der Waals surface area (Å²) in [6, 6.07) is 1.49. The lowest BCUT2D eigenvalue weighted by Crippen LogP contribution is -2.42. The van der Waals surface area contributed by atoms with E-state index in [0.29, 0.717) is 18.8 Å². The van der Waals surface area contributed by atoms with E-state index in [9.17, 15) is 14.7 Å². The van der Waals surface area contributed by atoms with Gasteiger partial charge in [0, 0.05) is 38.9 Å². The molecule has 0 radical (unpaired) electrons. The average molecular weight is 253 g/mol. The van der Waals surface area contributed by atoms with Crippen molar-refractivity contribution in [2.45, 2.75) is 25.5 Å². The largest absolute Gasteiger partial charge is 0.392 e. The van der Waals surface area contributed by atoms with Gasteiger partial charge in [-0.15, -0.1) is 0 Å². The lowest BCUT2D eigenvalue weighted by atomic mass is 10.1. The van der Waals surface area contributed by atoms with Gasteiger partial charge in [-0.05, 0) is 19.4 Å². The lowest BCUT2D eigenvalue weighted by Gasteiger charge is -2.30. The molecule has 1 atom stereocenters. The third-order valence-electron chi connectivity index (χ3n) is 3.49. The molecule has 0 spiro atoms. The van der Waals surface area contributed by atoms with Gasteiger partial charge in [0.1, 0.15) is 0 Å². The van der Waals surface area contributed by atoms with Gasteiger partial charge in [-0.25, -0.2) is 4.79 Å². The number of aliphatic hydroxyl groups is 1. The van der Waals surface area contributed by atoms with Crippen molar-refractivity contribution in [1.82, 2.24) is 14.0 Å². The molecule has 6 heteroatoms. The Balaban J connectivity index is 2.24. The molecule has 0 aliphatic carbocycles. The number of hydrogen-bond acceptors (Lipinski definition) is 4. The average Bonchev–Trinajstić information content (AvgIpc) is 2.33. The summed E-state index contributed by atoms with van der Waals surface area (Å²) in [5.74, 6) is 0. The molecule has 0 unspecified atom stereocenters. The summed E-state index contributed by atoms with van der Waals surface area (Å²) in [7, 11) is 3.14. The Morgan fingerprint density at radius 2 is 2.06 bits per heavy atom. The highest BCUT2D eigenvalue weighted by Gasteiger charge is 2.19. The van der Waals surface area contributed by atoms with Gasteiger partial charge in [0.15, 0.2) is 0 Å². The second-order valence-electron chi connectivity index (χ2n) is 4.91.